The van der Waals surface area contributed by atoms with Crippen molar-refractivity contribution in [2.45, 2.75) is 50.9 Å². The van der Waals surface area contributed by atoms with Crippen molar-refractivity contribution in [3.8, 4) is 28.8 Å². The Bertz CT molecular complexity index is 1910. The third kappa shape index (κ3) is 6.62. The molecule has 0 spiro atoms. The van der Waals surface area contributed by atoms with E-state index in [1.165, 1.54) is 6.07 Å². The van der Waals surface area contributed by atoms with Gasteiger partial charge in [0.25, 0.3) is 5.91 Å². The average Bonchev–Trinajstić information content (AvgIpc) is 3.69. The number of amides is 1. The molecular weight excluding hydrogens is 623 g/mol. The summed E-state index contributed by atoms with van der Waals surface area (Å²) in [6.45, 7) is 10.2. The number of pyridine rings is 1. The number of nitrogens with zero attached hydrogens (tertiary/aromatic N) is 7. The molecule has 0 aliphatic carbocycles. The van der Waals surface area contributed by atoms with Gasteiger partial charge in [0.15, 0.2) is 0 Å². The Hall–Kier alpha value is -4.83. The number of fused-ring (bicyclic) bond motifs is 1. The molecule has 0 radical (unpaired) electrons. The number of nitrogens with two attached hydrogens (primary N) is 1. The Kier molecular flexibility index (Phi) is 9.07. The van der Waals surface area contributed by atoms with E-state index in [9.17, 15) is 10.1 Å². The lowest BCUT2D eigenvalue weighted by Gasteiger charge is -2.46. The predicted molar refractivity (Wildman–Crippen MR) is 184 cm³/mol. The van der Waals surface area contributed by atoms with E-state index in [4.69, 9.17) is 20.3 Å². The third-order valence-corrected chi connectivity index (χ3v) is 10.0. The summed E-state index contributed by atoms with van der Waals surface area (Å²) in [6, 6.07) is 18.1. The van der Waals surface area contributed by atoms with Gasteiger partial charge in [0.1, 0.15) is 40.5 Å². The van der Waals surface area contributed by atoms with Crippen LogP contribution in [0.2, 0.25) is 0 Å². The smallest absolute Gasteiger partial charge is 0.264 e. The van der Waals surface area contributed by atoms with Gasteiger partial charge >= 0.3 is 0 Å². The van der Waals surface area contributed by atoms with Gasteiger partial charge in [-0.3, -0.25) is 19.3 Å². The Morgan fingerprint density at radius 1 is 1.10 bits per heavy atom. The third-order valence-electron chi connectivity index (χ3n) is 10.0. The number of carbonyl (C=O) groups excluding carboxylic acids is 1. The summed E-state index contributed by atoms with van der Waals surface area (Å²) in [6.07, 6.45) is 4.98. The van der Waals surface area contributed by atoms with Gasteiger partial charge in [0.2, 0.25) is 0 Å². The van der Waals surface area contributed by atoms with Gasteiger partial charge in [-0.2, -0.15) is 10.4 Å². The molecule has 0 saturated carbocycles. The number of anilines is 1. The zero-order valence-electron chi connectivity index (χ0n) is 27.9. The van der Waals surface area contributed by atoms with Crippen LogP contribution < -0.4 is 10.5 Å². The van der Waals surface area contributed by atoms with Gasteiger partial charge in [-0.15, -0.1) is 0 Å². The first kappa shape index (κ1) is 32.7. The Balaban J connectivity index is 1.11. The monoisotopic (exact) mass is 664 g/mol. The summed E-state index contributed by atoms with van der Waals surface area (Å²) in [7, 11) is 0. The molecule has 4 aromatic rings. The quantitative estimate of drug-likeness (QED) is 0.198. The molecule has 0 unspecified atom stereocenters. The first-order valence-electron chi connectivity index (χ1n) is 16.9. The van der Waals surface area contributed by atoms with Crippen molar-refractivity contribution >= 4 is 22.6 Å². The summed E-state index contributed by atoms with van der Waals surface area (Å²) < 4.78 is 28.6. The molecule has 1 atom stereocenters. The van der Waals surface area contributed by atoms with Crippen LogP contribution in [0.5, 0.6) is 11.5 Å². The van der Waals surface area contributed by atoms with Gasteiger partial charge < -0.3 is 20.1 Å². The fourth-order valence-electron chi connectivity index (χ4n) is 7.18. The molecule has 3 saturated heterocycles. The van der Waals surface area contributed by atoms with Crippen molar-refractivity contribution in [3.63, 3.8) is 0 Å². The summed E-state index contributed by atoms with van der Waals surface area (Å²) in [5, 5.41) is 15.6. The highest BCUT2D eigenvalue weighted by Gasteiger charge is 2.36. The number of hydrogen-bond donors (Lipinski definition) is 1. The zero-order valence-corrected chi connectivity index (χ0v) is 27.9. The van der Waals surface area contributed by atoms with E-state index in [2.05, 4.69) is 34.7 Å². The van der Waals surface area contributed by atoms with E-state index in [0.717, 1.165) is 52.2 Å². The molecule has 0 bridgehead atoms. The number of halogens is 1. The standard InChI is InChI=1S/C37H41FN8O3/c1-37(2,44-17-15-43(16-18-44)27-23-48-24-27)20-25(21-39)36(47)45-14-6-7-26(45)22-46-32-12-13-41-35(40)33(32)34(42-46)30-11-10-29(19-31(30)38)49-28-8-4-3-5-9-28/h3-5,8-13,19-20,26-27H,6-7,14-18,22-24H2,1-2H3,(H2,40,41)/t26-/m0/s1. The van der Waals surface area contributed by atoms with E-state index >= 15 is 4.39 Å². The van der Waals surface area contributed by atoms with Crippen molar-refractivity contribution in [3.05, 3.63) is 78.3 Å². The maximum absolute atomic E-state index is 15.7. The maximum Gasteiger partial charge on any atom is 0.264 e. The van der Waals surface area contributed by atoms with Crippen LogP contribution >= 0.6 is 0 Å². The van der Waals surface area contributed by atoms with Crippen LogP contribution in [-0.4, -0.2) is 98.9 Å². The van der Waals surface area contributed by atoms with Crippen LogP contribution in [0.15, 0.2) is 72.4 Å². The topological polar surface area (TPSA) is 126 Å². The van der Waals surface area contributed by atoms with E-state index in [-0.39, 0.29) is 28.9 Å². The second-order valence-corrected chi connectivity index (χ2v) is 13.5. The van der Waals surface area contributed by atoms with Crippen molar-refractivity contribution in [1.29, 1.82) is 5.26 Å². The van der Waals surface area contributed by atoms with Crippen LogP contribution in [-0.2, 0) is 16.1 Å². The number of rotatable bonds is 9. The lowest BCUT2D eigenvalue weighted by atomic mass is 9.97. The lowest BCUT2D eigenvalue weighted by molar-refractivity contribution is -0.127. The van der Waals surface area contributed by atoms with E-state index in [1.807, 2.05) is 24.3 Å². The molecule has 2 aromatic heterocycles. The number of carbonyl (C=O) groups is 1. The Morgan fingerprint density at radius 2 is 1.88 bits per heavy atom. The molecule has 12 heteroatoms. The highest BCUT2D eigenvalue weighted by molar-refractivity contribution is 6.00. The largest absolute Gasteiger partial charge is 0.457 e. The van der Waals surface area contributed by atoms with Crippen molar-refractivity contribution in [1.82, 2.24) is 29.5 Å². The van der Waals surface area contributed by atoms with Crippen LogP contribution in [0, 0.1) is 17.1 Å². The number of piperazine rings is 1. The van der Waals surface area contributed by atoms with Gasteiger partial charge in [0.05, 0.1) is 42.7 Å². The van der Waals surface area contributed by atoms with Crippen molar-refractivity contribution in [2.75, 3.05) is 51.7 Å². The second kappa shape index (κ2) is 13.6. The molecule has 1 amide bonds. The number of nitriles is 1. The summed E-state index contributed by atoms with van der Waals surface area (Å²) in [5.74, 6) is 0.412. The Morgan fingerprint density at radius 3 is 2.57 bits per heavy atom. The maximum atomic E-state index is 15.7. The normalized spacial score (nSPS) is 19.6. The SMILES string of the molecule is CC(C)(C=C(C#N)C(=O)N1CCC[C@H]1Cn1nc(-c2ccc(Oc3ccccc3)cc2F)c2c(N)nccc21)N1CCN(C2COC2)CC1. The first-order valence-corrected chi connectivity index (χ1v) is 16.9. The molecule has 3 aliphatic rings. The number of nitrogen functional groups attached to an aromatic ring is 1. The molecule has 2 aromatic carbocycles. The number of ether oxygens (including phenoxy) is 2. The highest BCUT2D eigenvalue weighted by Crippen LogP contribution is 2.36. The van der Waals surface area contributed by atoms with Gasteiger partial charge in [-0.05, 0) is 63.1 Å². The minimum absolute atomic E-state index is 0.145. The number of benzene rings is 2. The molecule has 3 fully saturated rings. The second-order valence-electron chi connectivity index (χ2n) is 13.5. The predicted octanol–water partition coefficient (Wildman–Crippen LogP) is 4.85. The van der Waals surface area contributed by atoms with Gasteiger partial charge in [0, 0.05) is 56.1 Å². The molecule has 7 rings (SSSR count). The average molecular weight is 665 g/mol. The molecular formula is C37H41FN8O3. The molecule has 2 N–H and O–H groups in total. The Labute approximate surface area is 285 Å². The van der Waals surface area contributed by atoms with Gasteiger partial charge in [-0.1, -0.05) is 18.2 Å². The fourth-order valence-corrected chi connectivity index (χ4v) is 7.18. The minimum atomic E-state index is -0.509. The fraction of sp³-hybridized carbons (Fsp3) is 0.405. The summed E-state index contributed by atoms with van der Waals surface area (Å²) in [4.78, 5) is 24.8. The number of para-hydroxylation sites is 1. The van der Waals surface area contributed by atoms with Crippen molar-refractivity contribution in [2.24, 2.45) is 0 Å². The summed E-state index contributed by atoms with van der Waals surface area (Å²) in [5.41, 5.74) is 7.35. The van der Waals surface area contributed by atoms with Crippen LogP contribution in [0.1, 0.15) is 26.7 Å². The van der Waals surface area contributed by atoms with Crippen molar-refractivity contribution < 1.29 is 18.7 Å². The van der Waals surface area contributed by atoms with E-state index < -0.39 is 11.4 Å². The minimum Gasteiger partial charge on any atom is -0.457 e. The molecule has 49 heavy (non-hydrogen) atoms. The number of hydrogen-bond acceptors (Lipinski definition) is 9. The summed E-state index contributed by atoms with van der Waals surface area (Å²) >= 11 is 0. The van der Waals surface area contributed by atoms with Crippen LogP contribution in [0.4, 0.5) is 10.2 Å². The molecule has 3 aliphatic heterocycles. The number of aromatic nitrogens is 3. The van der Waals surface area contributed by atoms with Gasteiger partial charge in [-0.25, -0.2) is 9.37 Å². The first-order chi connectivity index (χ1) is 23.7. The zero-order chi connectivity index (χ0) is 34.1. The van der Waals surface area contributed by atoms with Crippen LogP contribution in [0.25, 0.3) is 22.2 Å². The molecule has 254 valence electrons. The van der Waals surface area contributed by atoms with Crippen LogP contribution in [0.3, 0.4) is 0 Å². The van der Waals surface area contributed by atoms with E-state index in [1.54, 1.807) is 46.1 Å². The highest BCUT2D eigenvalue weighted by atomic mass is 19.1. The molecule has 11 nitrogen and oxygen atoms in total. The molecule has 5 heterocycles. The van der Waals surface area contributed by atoms with E-state index in [0.29, 0.717) is 47.2 Å². The lowest BCUT2D eigenvalue weighted by Crippen LogP contribution is -2.59. The number of likely N-dealkylation sites (tertiary alicyclic amines) is 1.